The van der Waals surface area contributed by atoms with Gasteiger partial charge in [0.05, 0.1) is 24.4 Å². The van der Waals surface area contributed by atoms with Gasteiger partial charge in [0.15, 0.2) is 0 Å². The van der Waals surface area contributed by atoms with Crippen molar-refractivity contribution in [2.75, 3.05) is 52.5 Å². The number of amides is 6. The second-order valence-corrected chi connectivity index (χ2v) is 18.7. The molecule has 2 aromatic heterocycles. The molecule has 10 rings (SSSR count). The third-order valence-corrected chi connectivity index (χ3v) is 14.3. The molecule has 0 bridgehead atoms. The fourth-order valence-corrected chi connectivity index (χ4v) is 10.6. The van der Waals surface area contributed by atoms with Crippen LogP contribution in [0.25, 0.3) is 43.5 Å². The van der Waals surface area contributed by atoms with E-state index >= 15 is 0 Å². The lowest BCUT2D eigenvalue weighted by atomic mass is 9.78. The van der Waals surface area contributed by atoms with Gasteiger partial charge in [-0.1, -0.05) is 12.1 Å². The lowest BCUT2D eigenvalue weighted by Gasteiger charge is -2.35. The number of nitrogens with zero attached hydrogens (tertiary/aromatic N) is 2. The third-order valence-electron chi connectivity index (χ3n) is 14.3. The van der Waals surface area contributed by atoms with E-state index in [1.165, 1.54) is 0 Å². The van der Waals surface area contributed by atoms with Crippen LogP contribution in [0.3, 0.4) is 0 Å². The number of hydrogen-bond donors (Lipinski definition) is 4. The maximum absolute atomic E-state index is 13.9. The molecular formula is C52H56N6O10. The van der Waals surface area contributed by atoms with Crippen molar-refractivity contribution >= 4 is 78.9 Å². The van der Waals surface area contributed by atoms with Crippen molar-refractivity contribution in [1.82, 2.24) is 31.1 Å². The van der Waals surface area contributed by atoms with Crippen molar-refractivity contribution in [1.29, 1.82) is 0 Å². The van der Waals surface area contributed by atoms with E-state index in [1.807, 2.05) is 70.5 Å². The highest BCUT2D eigenvalue weighted by molar-refractivity contribution is 6.06. The summed E-state index contributed by atoms with van der Waals surface area (Å²) >= 11 is 0. The molecule has 6 heterocycles. The summed E-state index contributed by atoms with van der Waals surface area (Å²) in [5.74, 6) is -1.60. The molecule has 4 aliphatic heterocycles. The molecule has 0 aliphatic carbocycles. The van der Waals surface area contributed by atoms with E-state index in [0.717, 1.165) is 82.4 Å². The summed E-state index contributed by atoms with van der Waals surface area (Å²) in [4.78, 5) is 79.9. The number of hydrogen-bond acceptors (Lipinski definition) is 12. The highest BCUT2D eigenvalue weighted by Crippen LogP contribution is 2.40. The Morgan fingerprint density at radius 3 is 1.76 bits per heavy atom. The molecule has 4 aliphatic rings. The van der Waals surface area contributed by atoms with Gasteiger partial charge in [-0.05, 0) is 108 Å². The van der Waals surface area contributed by atoms with Gasteiger partial charge in [0.1, 0.15) is 35.9 Å². The number of benzene rings is 4. The number of piperidine rings is 4. The highest BCUT2D eigenvalue weighted by atomic mass is 16.5. The van der Waals surface area contributed by atoms with E-state index in [2.05, 4.69) is 21.3 Å². The first kappa shape index (κ1) is 45.0. The van der Waals surface area contributed by atoms with Gasteiger partial charge < -0.3 is 38.7 Å². The van der Waals surface area contributed by atoms with Crippen LogP contribution in [0.2, 0.25) is 0 Å². The van der Waals surface area contributed by atoms with Crippen LogP contribution >= 0.6 is 0 Å². The Kier molecular flexibility index (Phi) is 12.9. The summed E-state index contributed by atoms with van der Waals surface area (Å²) in [6.45, 7) is 6.48. The minimum Gasteiger partial charge on any atom is -0.492 e. The Hall–Kier alpha value is -6.78. The van der Waals surface area contributed by atoms with E-state index in [-0.39, 0.29) is 48.4 Å². The van der Waals surface area contributed by atoms with E-state index in [1.54, 1.807) is 19.5 Å². The molecule has 0 spiro atoms. The first-order valence-electron chi connectivity index (χ1n) is 23.9. The fraction of sp³-hybridized carbons (Fsp3) is 0.423. The number of imide groups is 2. The lowest BCUT2D eigenvalue weighted by Crippen LogP contribution is -2.48. The summed E-state index contributed by atoms with van der Waals surface area (Å²) in [6.07, 6.45) is 7.42. The summed E-state index contributed by atoms with van der Waals surface area (Å²) in [5, 5.41) is 17.5. The molecule has 16 nitrogen and oxygen atoms in total. The Morgan fingerprint density at radius 2 is 1.19 bits per heavy atom. The predicted molar refractivity (Wildman–Crippen MR) is 253 cm³/mol. The zero-order valence-electron chi connectivity index (χ0n) is 38.1. The molecule has 354 valence electrons. The van der Waals surface area contributed by atoms with E-state index in [9.17, 15) is 28.8 Å². The van der Waals surface area contributed by atoms with Crippen LogP contribution < -0.4 is 30.7 Å². The average molecular weight is 925 g/mol. The van der Waals surface area contributed by atoms with Gasteiger partial charge in [-0.3, -0.25) is 39.4 Å². The fourth-order valence-electron chi connectivity index (χ4n) is 10.6. The quantitative estimate of drug-likeness (QED) is 0.0759. The normalized spacial score (nSPS) is 20.9. The van der Waals surface area contributed by atoms with Crippen molar-refractivity contribution in [2.45, 2.75) is 82.2 Å². The number of carbonyl (C=O) groups excluding carboxylic acids is 6. The van der Waals surface area contributed by atoms with E-state index in [0.29, 0.717) is 80.8 Å². The van der Waals surface area contributed by atoms with Crippen LogP contribution in [0, 0.1) is 5.92 Å². The minimum absolute atomic E-state index is 0.0521. The second-order valence-electron chi connectivity index (χ2n) is 18.7. The molecule has 0 radical (unpaired) electrons. The van der Waals surface area contributed by atoms with Crippen molar-refractivity contribution in [3.8, 4) is 11.5 Å². The van der Waals surface area contributed by atoms with Crippen LogP contribution in [0.5, 0.6) is 11.5 Å². The molecule has 4 fully saturated rings. The number of carbonyl (C=O) groups is 6. The second kappa shape index (κ2) is 19.4. The minimum atomic E-state index is -0.744. The lowest BCUT2D eigenvalue weighted by molar-refractivity contribution is -0.139. The number of rotatable bonds is 14. The first-order chi connectivity index (χ1) is 33.0. The Balaban J connectivity index is 0.713. The Bertz CT molecular complexity index is 2930. The largest absolute Gasteiger partial charge is 0.492 e. The van der Waals surface area contributed by atoms with Gasteiger partial charge in [-0.15, -0.1) is 0 Å². The van der Waals surface area contributed by atoms with Gasteiger partial charge in [-0.25, -0.2) is 0 Å². The van der Waals surface area contributed by atoms with Crippen molar-refractivity contribution in [3.05, 3.63) is 84.3 Å². The van der Waals surface area contributed by atoms with Gasteiger partial charge in [-0.2, -0.15) is 0 Å². The zero-order valence-corrected chi connectivity index (χ0v) is 38.1. The monoisotopic (exact) mass is 924 g/mol. The number of fused-ring (bicyclic) bond motifs is 4. The molecule has 6 aromatic rings. The SMILES string of the molecule is CC(=O)N1CCC(NCCOc2ccc3cc4occ([C@@H]5C(=O)NC(=O)CC5CC(=O)N5CCC(NCCOc6ccc7cc8occ([C@@H]9CCC(=O)NC9=O)c8cc7c6)CC5)c4cc3c2)CC1. The maximum Gasteiger partial charge on any atom is 0.234 e. The molecule has 4 saturated heterocycles. The van der Waals surface area contributed by atoms with Gasteiger partial charge in [0, 0.05) is 99.4 Å². The van der Waals surface area contributed by atoms with Gasteiger partial charge >= 0.3 is 0 Å². The number of nitrogens with one attached hydrogen (secondary N) is 4. The molecular weight excluding hydrogens is 869 g/mol. The van der Waals surface area contributed by atoms with Gasteiger partial charge in [0.2, 0.25) is 35.4 Å². The van der Waals surface area contributed by atoms with E-state index in [4.69, 9.17) is 18.3 Å². The molecule has 3 atom stereocenters. The van der Waals surface area contributed by atoms with Crippen molar-refractivity contribution < 1.29 is 47.1 Å². The molecule has 1 unspecified atom stereocenters. The van der Waals surface area contributed by atoms with Crippen LogP contribution in [-0.4, -0.2) is 110 Å². The molecule has 6 amide bonds. The van der Waals surface area contributed by atoms with Crippen molar-refractivity contribution in [2.24, 2.45) is 5.92 Å². The Labute approximate surface area is 392 Å². The van der Waals surface area contributed by atoms with Gasteiger partial charge in [0.25, 0.3) is 0 Å². The third kappa shape index (κ3) is 9.65. The van der Waals surface area contributed by atoms with Crippen LogP contribution in [0.1, 0.15) is 81.3 Å². The number of furan rings is 2. The summed E-state index contributed by atoms with van der Waals surface area (Å²) in [6, 6.07) is 20.2. The average Bonchev–Trinajstić information content (AvgIpc) is 3.93. The first-order valence-corrected chi connectivity index (χ1v) is 23.9. The predicted octanol–water partition coefficient (Wildman–Crippen LogP) is 5.78. The van der Waals surface area contributed by atoms with Crippen LogP contribution in [0.15, 0.2) is 82.0 Å². The molecule has 68 heavy (non-hydrogen) atoms. The molecule has 4 N–H and O–H groups in total. The standard InChI is InChI=1S/C52H56N6O10/c1-30(59)57-14-8-36(9-15-57)53-12-18-66-39-5-3-32-25-46-42(23-34(32)21-39)44(29-68-46)50-35(26-48(61)56-52(50)64)27-49(62)58-16-10-37(11-17-58)54-13-19-65-38-4-2-31-24-45-41(22-33(31)20-38)43(28-67-45)40-6-7-47(60)55-51(40)63/h2-5,20-25,28-29,35-37,40,50,53-54H,6-19,26-27H2,1H3,(H,55,60,63)(H,56,61,64)/t35?,40-,50+/m0/s1. The number of ether oxygens (including phenoxy) is 2. The van der Waals surface area contributed by atoms with Crippen molar-refractivity contribution in [3.63, 3.8) is 0 Å². The van der Waals surface area contributed by atoms with Crippen LogP contribution in [-0.2, 0) is 28.8 Å². The smallest absolute Gasteiger partial charge is 0.234 e. The zero-order chi connectivity index (χ0) is 46.9. The topological polar surface area (TPSA) is 202 Å². The number of likely N-dealkylation sites (tertiary alicyclic amines) is 2. The van der Waals surface area contributed by atoms with Crippen LogP contribution in [0.4, 0.5) is 0 Å². The summed E-state index contributed by atoms with van der Waals surface area (Å²) < 4.78 is 24.1. The maximum atomic E-state index is 13.9. The summed E-state index contributed by atoms with van der Waals surface area (Å²) in [7, 11) is 0. The summed E-state index contributed by atoms with van der Waals surface area (Å²) in [5.41, 5.74) is 2.73. The van der Waals surface area contributed by atoms with E-state index < -0.39 is 23.7 Å². The Morgan fingerprint density at radius 1 is 0.647 bits per heavy atom. The molecule has 4 aromatic carbocycles. The molecule has 0 saturated carbocycles. The highest BCUT2D eigenvalue weighted by Gasteiger charge is 2.41. The molecule has 16 heteroatoms.